The Hall–Kier alpha value is -2.33. The van der Waals surface area contributed by atoms with Crippen LogP contribution in [0.1, 0.15) is 36.6 Å². The molecule has 0 aromatic heterocycles. The van der Waals surface area contributed by atoms with Gasteiger partial charge in [-0.1, -0.05) is 42.5 Å². The van der Waals surface area contributed by atoms with E-state index in [-0.39, 0.29) is 18.0 Å². The van der Waals surface area contributed by atoms with E-state index in [2.05, 4.69) is 59.3 Å². The molecule has 1 heterocycles. The summed E-state index contributed by atoms with van der Waals surface area (Å²) in [4.78, 5) is 17.4. The number of hydrogen-bond donors (Lipinski definition) is 1. The fourth-order valence-electron chi connectivity index (χ4n) is 3.75. The summed E-state index contributed by atoms with van der Waals surface area (Å²) in [5.74, 6) is 0.103. The molecule has 1 saturated heterocycles. The summed E-state index contributed by atoms with van der Waals surface area (Å²) in [5.41, 5.74) is 5.15. The van der Waals surface area contributed by atoms with Gasteiger partial charge >= 0.3 is 0 Å². The molecule has 1 fully saturated rings. The molecule has 4 nitrogen and oxygen atoms in total. The van der Waals surface area contributed by atoms with E-state index in [1.54, 1.807) is 0 Å². The number of nitrogens with one attached hydrogen (secondary N) is 1. The Morgan fingerprint density at radius 1 is 0.926 bits per heavy atom. The third-order valence-electron chi connectivity index (χ3n) is 5.82. The van der Waals surface area contributed by atoms with Gasteiger partial charge in [0.25, 0.3) is 0 Å². The van der Waals surface area contributed by atoms with Crippen LogP contribution in [0, 0.1) is 13.8 Å². The van der Waals surface area contributed by atoms with Gasteiger partial charge in [-0.25, -0.2) is 0 Å². The highest BCUT2D eigenvalue weighted by atomic mass is 16.2. The maximum absolute atomic E-state index is 12.7. The van der Waals surface area contributed by atoms with Crippen LogP contribution in [0.2, 0.25) is 0 Å². The summed E-state index contributed by atoms with van der Waals surface area (Å²) in [6, 6.07) is 16.5. The summed E-state index contributed by atoms with van der Waals surface area (Å²) in [6.45, 7) is 12.1. The standard InChI is InChI=1S/C23H31N3O/c1-17-9-8-12-22(18(17)2)26-15-13-25(14-16-26)20(4)23(27)24-19(3)21-10-6-5-7-11-21/h5-12,19-20H,13-16H2,1-4H3,(H,24,27)/t19-,20+/m0/s1. The summed E-state index contributed by atoms with van der Waals surface area (Å²) in [7, 11) is 0. The number of amides is 1. The predicted octanol–water partition coefficient (Wildman–Crippen LogP) is 3.69. The first-order valence-corrected chi connectivity index (χ1v) is 9.88. The first-order valence-electron chi connectivity index (χ1n) is 9.88. The molecule has 1 aliphatic heterocycles. The highest BCUT2D eigenvalue weighted by Crippen LogP contribution is 2.24. The molecule has 0 aliphatic carbocycles. The van der Waals surface area contributed by atoms with Crippen molar-refractivity contribution in [1.82, 2.24) is 10.2 Å². The molecular weight excluding hydrogens is 334 g/mol. The van der Waals surface area contributed by atoms with Crippen LogP contribution in [0.5, 0.6) is 0 Å². The molecule has 3 rings (SSSR count). The Balaban J connectivity index is 1.55. The van der Waals surface area contributed by atoms with E-state index in [0.717, 1.165) is 31.7 Å². The molecule has 2 aromatic rings. The summed E-state index contributed by atoms with van der Waals surface area (Å²) in [6.07, 6.45) is 0. The SMILES string of the molecule is Cc1cccc(N2CCN([C@H](C)C(=O)N[C@@H](C)c3ccccc3)CC2)c1C. The second-order valence-electron chi connectivity index (χ2n) is 7.56. The van der Waals surface area contributed by atoms with Crippen molar-refractivity contribution in [3.05, 3.63) is 65.2 Å². The van der Waals surface area contributed by atoms with E-state index >= 15 is 0 Å². The van der Waals surface area contributed by atoms with E-state index in [1.807, 2.05) is 32.0 Å². The van der Waals surface area contributed by atoms with Crippen LogP contribution < -0.4 is 10.2 Å². The zero-order valence-electron chi connectivity index (χ0n) is 16.9. The number of carbonyl (C=O) groups is 1. The molecule has 0 spiro atoms. The van der Waals surface area contributed by atoms with Crippen LogP contribution in [0.3, 0.4) is 0 Å². The minimum Gasteiger partial charge on any atom is -0.369 e. The van der Waals surface area contributed by atoms with Crippen LogP contribution in [-0.2, 0) is 4.79 Å². The lowest BCUT2D eigenvalue weighted by atomic mass is 10.1. The summed E-state index contributed by atoms with van der Waals surface area (Å²) < 4.78 is 0. The second kappa shape index (κ2) is 8.57. The molecule has 27 heavy (non-hydrogen) atoms. The highest BCUT2D eigenvalue weighted by Gasteiger charge is 2.27. The van der Waals surface area contributed by atoms with Crippen LogP contribution >= 0.6 is 0 Å². The fourth-order valence-corrected chi connectivity index (χ4v) is 3.75. The molecule has 2 aromatic carbocycles. The third-order valence-corrected chi connectivity index (χ3v) is 5.82. The predicted molar refractivity (Wildman–Crippen MR) is 112 cm³/mol. The van der Waals surface area contributed by atoms with Gasteiger partial charge in [-0.3, -0.25) is 9.69 Å². The van der Waals surface area contributed by atoms with Gasteiger partial charge in [-0.15, -0.1) is 0 Å². The number of anilines is 1. The maximum Gasteiger partial charge on any atom is 0.237 e. The Morgan fingerprint density at radius 3 is 2.26 bits per heavy atom. The number of benzene rings is 2. The van der Waals surface area contributed by atoms with Crippen LogP contribution in [0.25, 0.3) is 0 Å². The van der Waals surface area contributed by atoms with Gasteiger partial charge in [-0.05, 0) is 50.5 Å². The van der Waals surface area contributed by atoms with E-state index in [0.29, 0.717) is 0 Å². The van der Waals surface area contributed by atoms with Crippen molar-refractivity contribution in [2.24, 2.45) is 0 Å². The first kappa shape index (κ1) is 19.4. The van der Waals surface area contributed by atoms with E-state index < -0.39 is 0 Å². The average Bonchev–Trinajstić information content (AvgIpc) is 2.70. The quantitative estimate of drug-likeness (QED) is 0.878. The third kappa shape index (κ3) is 4.51. The maximum atomic E-state index is 12.7. The number of rotatable bonds is 5. The Morgan fingerprint density at radius 2 is 1.59 bits per heavy atom. The lowest BCUT2D eigenvalue weighted by Crippen LogP contribution is -2.54. The van der Waals surface area contributed by atoms with Crippen molar-refractivity contribution >= 4 is 11.6 Å². The Bertz CT molecular complexity index is 766. The average molecular weight is 366 g/mol. The van der Waals surface area contributed by atoms with Crippen molar-refractivity contribution in [1.29, 1.82) is 0 Å². The van der Waals surface area contributed by atoms with Gasteiger partial charge in [0.15, 0.2) is 0 Å². The molecule has 0 unspecified atom stereocenters. The fraction of sp³-hybridized carbons (Fsp3) is 0.435. The van der Waals surface area contributed by atoms with Gasteiger partial charge in [0.05, 0.1) is 12.1 Å². The minimum absolute atomic E-state index is 0.0254. The van der Waals surface area contributed by atoms with E-state index in [9.17, 15) is 4.79 Å². The number of hydrogen-bond acceptors (Lipinski definition) is 3. The lowest BCUT2D eigenvalue weighted by molar-refractivity contribution is -0.126. The summed E-state index contributed by atoms with van der Waals surface area (Å²) >= 11 is 0. The number of piperazine rings is 1. The van der Waals surface area contributed by atoms with Crippen molar-refractivity contribution < 1.29 is 4.79 Å². The number of carbonyl (C=O) groups excluding carboxylic acids is 1. The molecule has 4 heteroatoms. The van der Waals surface area contributed by atoms with Gasteiger partial charge in [-0.2, -0.15) is 0 Å². The van der Waals surface area contributed by atoms with Crippen molar-refractivity contribution in [3.8, 4) is 0 Å². The lowest BCUT2D eigenvalue weighted by Gasteiger charge is -2.39. The van der Waals surface area contributed by atoms with Crippen LogP contribution in [0.15, 0.2) is 48.5 Å². The topological polar surface area (TPSA) is 35.6 Å². The Labute approximate surface area is 163 Å². The number of aryl methyl sites for hydroxylation is 1. The molecule has 0 saturated carbocycles. The molecule has 0 bridgehead atoms. The van der Waals surface area contributed by atoms with Gasteiger partial charge in [0.1, 0.15) is 0 Å². The largest absolute Gasteiger partial charge is 0.369 e. The zero-order chi connectivity index (χ0) is 19.4. The van der Waals surface area contributed by atoms with Gasteiger partial charge in [0, 0.05) is 31.9 Å². The van der Waals surface area contributed by atoms with Crippen molar-refractivity contribution in [2.45, 2.75) is 39.8 Å². The monoisotopic (exact) mass is 365 g/mol. The summed E-state index contributed by atoms with van der Waals surface area (Å²) in [5, 5.41) is 3.16. The highest BCUT2D eigenvalue weighted by molar-refractivity contribution is 5.81. The molecule has 2 atom stereocenters. The first-order chi connectivity index (χ1) is 13.0. The number of nitrogens with zero attached hydrogens (tertiary/aromatic N) is 2. The van der Waals surface area contributed by atoms with E-state index in [4.69, 9.17) is 0 Å². The molecule has 0 radical (unpaired) electrons. The molecule has 1 aliphatic rings. The van der Waals surface area contributed by atoms with Crippen LogP contribution in [-0.4, -0.2) is 43.0 Å². The molecular formula is C23H31N3O. The van der Waals surface area contributed by atoms with Crippen molar-refractivity contribution in [3.63, 3.8) is 0 Å². The smallest absolute Gasteiger partial charge is 0.237 e. The molecule has 1 amide bonds. The minimum atomic E-state index is -0.114. The van der Waals surface area contributed by atoms with Gasteiger partial charge < -0.3 is 10.2 Å². The second-order valence-corrected chi connectivity index (χ2v) is 7.56. The zero-order valence-corrected chi connectivity index (χ0v) is 16.9. The van der Waals surface area contributed by atoms with Gasteiger partial charge in [0.2, 0.25) is 5.91 Å². The molecule has 144 valence electrons. The van der Waals surface area contributed by atoms with Crippen LogP contribution in [0.4, 0.5) is 5.69 Å². The molecule has 1 N–H and O–H groups in total. The Kier molecular flexibility index (Phi) is 6.17. The van der Waals surface area contributed by atoms with Crippen molar-refractivity contribution in [2.75, 3.05) is 31.1 Å². The normalized spacial score (nSPS) is 17.4. The van der Waals surface area contributed by atoms with E-state index in [1.165, 1.54) is 16.8 Å².